The molecule has 1 aliphatic heterocycles. The van der Waals surface area contributed by atoms with Crippen LogP contribution in [-0.2, 0) is 68.5 Å². The molecule has 2 rings (SSSR count). The molecule has 23 heteroatoms. The average Bonchev–Trinajstić information content (AvgIpc) is 4.20. The minimum absolute atomic E-state index is 0.00437. The van der Waals surface area contributed by atoms with Gasteiger partial charge in [0.05, 0.1) is 57.5 Å². The van der Waals surface area contributed by atoms with Gasteiger partial charge in [0.1, 0.15) is 30.8 Å². The van der Waals surface area contributed by atoms with Crippen molar-refractivity contribution in [2.45, 2.75) is 211 Å². The van der Waals surface area contributed by atoms with Gasteiger partial charge in [-0.2, -0.15) is 0 Å². The highest BCUT2D eigenvalue weighted by molar-refractivity contribution is 5.89. The number of hydrogen-bond acceptors (Lipinski definition) is 16. The molecular weight excluding hydrogens is 1050 g/mol. The summed E-state index contributed by atoms with van der Waals surface area (Å²) in [5.41, 5.74) is 6.48. The summed E-state index contributed by atoms with van der Waals surface area (Å²) in [5, 5.41) is 29.4. The standard InChI is InChI=1S/C58H100N8O15/c1-44(66-32-19-23-50(66)57(59)75)56(74)45(26-29-51(68)49(60-2)39-46-40-61-43-64-46)21-17-18-30-62-53(70)41-81-38-36-79-34-31-63-54(71)42-80-37-35-78-33-20-22-47(67)27-28-48(58(76)77)65-52(69)24-15-13-11-9-7-5-3-4-6-8-10-12-14-16-25-55(72)73/h40,43-45,48-50,60H,3-39,41-42H2,1-2H3,(H2,59,75)(H,61,64)(H,62,70)(H,63,71)(H,65,69)(H,72,73)(H,76,77)/t44?,45-,48+,49+,50+/m1/s1. The van der Waals surface area contributed by atoms with Crippen molar-refractivity contribution in [1.82, 2.24) is 36.1 Å². The highest BCUT2D eigenvalue weighted by Crippen LogP contribution is 2.26. The molecular formula is C58H100N8O15. The van der Waals surface area contributed by atoms with Crippen LogP contribution in [0.2, 0.25) is 0 Å². The number of unbranched alkanes of at least 4 members (excludes halogenated alkanes) is 14. The van der Waals surface area contributed by atoms with Crippen LogP contribution >= 0.6 is 0 Å². The van der Waals surface area contributed by atoms with Gasteiger partial charge in [-0.25, -0.2) is 9.78 Å². The maximum absolute atomic E-state index is 13.9. The molecule has 1 aliphatic rings. The number of nitrogens with zero attached hydrogens (tertiary/aromatic N) is 2. The van der Waals surface area contributed by atoms with E-state index in [-0.39, 0.29) is 126 Å². The van der Waals surface area contributed by atoms with Gasteiger partial charge in [0, 0.05) is 76.0 Å². The lowest BCUT2D eigenvalue weighted by Gasteiger charge is -2.30. The Balaban J connectivity index is 1.44. The van der Waals surface area contributed by atoms with Crippen LogP contribution in [0.4, 0.5) is 0 Å². The fraction of sp³-hybridized carbons (Fsp3) is 0.793. The number of likely N-dealkylation sites (tertiary alicyclic amines) is 1. The van der Waals surface area contributed by atoms with Crippen LogP contribution in [-0.4, -0.2) is 182 Å². The van der Waals surface area contributed by atoms with Crippen molar-refractivity contribution < 1.29 is 72.3 Å². The second-order valence-electron chi connectivity index (χ2n) is 21.2. The van der Waals surface area contributed by atoms with Crippen LogP contribution < -0.4 is 27.0 Å². The third-order valence-electron chi connectivity index (χ3n) is 14.6. The van der Waals surface area contributed by atoms with Gasteiger partial charge in [-0.05, 0) is 78.3 Å². The quantitative estimate of drug-likeness (QED) is 0.0402. The predicted molar refractivity (Wildman–Crippen MR) is 304 cm³/mol. The number of H-pyrrole nitrogens is 1. The number of carbonyl (C=O) groups is 9. The lowest BCUT2D eigenvalue weighted by Crippen LogP contribution is -2.49. The highest BCUT2D eigenvalue weighted by Gasteiger charge is 2.37. The minimum atomic E-state index is -1.17. The van der Waals surface area contributed by atoms with E-state index in [1.807, 2.05) is 4.90 Å². The van der Waals surface area contributed by atoms with Crippen LogP contribution in [0.1, 0.15) is 186 Å². The molecule has 1 aromatic heterocycles. The number of aromatic nitrogens is 2. The number of ether oxygens (including phenoxy) is 4. The van der Waals surface area contributed by atoms with Crippen molar-refractivity contribution in [1.29, 1.82) is 0 Å². The second-order valence-corrected chi connectivity index (χ2v) is 21.2. The Morgan fingerprint density at radius 1 is 0.642 bits per heavy atom. The first-order valence-corrected chi connectivity index (χ1v) is 30.0. The maximum atomic E-state index is 13.9. The maximum Gasteiger partial charge on any atom is 0.326 e. The van der Waals surface area contributed by atoms with Gasteiger partial charge in [0.15, 0.2) is 5.78 Å². The lowest BCUT2D eigenvalue weighted by atomic mass is 9.87. The summed E-state index contributed by atoms with van der Waals surface area (Å²) in [6, 6.07) is -2.56. The summed E-state index contributed by atoms with van der Waals surface area (Å²) in [7, 11) is 1.73. The van der Waals surface area contributed by atoms with Gasteiger partial charge in [-0.1, -0.05) is 83.5 Å². The van der Waals surface area contributed by atoms with Crippen LogP contribution in [0.25, 0.3) is 0 Å². The third-order valence-corrected chi connectivity index (χ3v) is 14.6. The molecule has 0 aromatic carbocycles. The van der Waals surface area contributed by atoms with E-state index in [4.69, 9.17) is 29.8 Å². The zero-order valence-electron chi connectivity index (χ0n) is 48.8. The zero-order valence-corrected chi connectivity index (χ0v) is 48.8. The summed E-state index contributed by atoms with van der Waals surface area (Å²) in [6.45, 7) is 3.98. The lowest BCUT2D eigenvalue weighted by molar-refractivity contribution is -0.142. The summed E-state index contributed by atoms with van der Waals surface area (Å²) >= 11 is 0. The topological polar surface area (TPSA) is 337 Å². The number of hydrogen-bond donors (Lipinski definition) is 8. The molecule has 2 heterocycles. The largest absolute Gasteiger partial charge is 0.481 e. The first-order chi connectivity index (χ1) is 39.1. The minimum Gasteiger partial charge on any atom is -0.481 e. The molecule has 1 fully saturated rings. The van der Waals surface area contributed by atoms with E-state index >= 15 is 0 Å². The Bertz CT molecular complexity index is 1940. The SMILES string of the molecule is CN[C@@H](Cc1cnc[nH]1)C(=O)CC[C@@H](CCCCNC(=O)COCCOCCNC(=O)COCCOCCCC(=O)CC[C@H](NC(=O)CCCCCCCCCCCCCCCCC(=O)O)C(=O)O)C(=O)C(C)N1CCC[C@H]1C(N)=O. The smallest absolute Gasteiger partial charge is 0.326 e. The third kappa shape index (κ3) is 36.1. The normalized spacial score (nSPS) is 14.9. The second kappa shape index (κ2) is 46.3. The number of aliphatic carboxylic acids is 2. The Kier molecular flexibility index (Phi) is 41.1. The van der Waals surface area contributed by atoms with E-state index < -0.39 is 47.9 Å². The molecule has 0 spiro atoms. The highest BCUT2D eigenvalue weighted by atomic mass is 16.5. The van der Waals surface area contributed by atoms with Crippen molar-refractivity contribution in [3.05, 3.63) is 18.2 Å². The van der Waals surface area contributed by atoms with Gasteiger partial charge < -0.3 is 61.1 Å². The first-order valence-electron chi connectivity index (χ1n) is 30.0. The molecule has 1 saturated heterocycles. The van der Waals surface area contributed by atoms with Crippen LogP contribution in [0.15, 0.2) is 12.5 Å². The molecule has 5 atom stereocenters. The molecule has 462 valence electrons. The number of nitrogens with two attached hydrogens (primary N) is 1. The van der Waals surface area contributed by atoms with E-state index in [2.05, 4.69) is 31.2 Å². The first kappa shape index (κ1) is 71.9. The number of imidazole rings is 1. The van der Waals surface area contributed by atoms with Crippen molar-refractivity contribution in [2.75, 3.05) is 79.5 Å². The molecule has 0 radical (unpaired) electrons. The molecule has 0 aliphatic carbocycles. The summed E-state index contributed by atoms with van der Waals surface area (Å²) in [5.74, 6) is -3.82. The Hall–Kier alpha value is -5.20. The number of primary amides is 1. The van der Waals surface area contributed by atoms with Crippen LogP contribution in [0.5, 0.6) is 0 Å². The number of carboxylic acids is 2. The van der Waals surface area contributed by atoms with E-state index in [1.165, 1.54) is 38.5 Å². The van der Waals surface area contributed by atoms with E-state index in [9.17, 15) is 48.3 Å². The summed E-state index contributed by atoms with van der Waals surface area (Å²) in [4.78, 5) is 120. The number of aromatic amines is 1. The molecule has 1 aromatic rings. The molecule has 0 bridgehead atoms. The fourth-order valence-corrected chi connectivity index (χ4v) is 9.86. The van der Waals surface area contributed by atoms with Gasteiger partial charge in [0.25, 0.3) is 0 Å². The van der Waals surface area contributed by atoms with E-state index in [0.29, 0.717) is 71.1 Å². The van der Waals surface area contributed by atoms with Gasteiger partial charge >= 0.3 is 11.9 Å². The number of nitrogens with one attached hydrogen (secondary N) is 5. The molecule has 1 unspecified atom stereocenters. The molecule has 0 saturated carbocycles. The average molecular weight is 1150 g/mol. The van der Waals surface area contributed by atoms with Gasteiger partial charge in [0.2, 0.25) is 23.6 Å². The monoisotopic (exact) mass is 1150 g/mol. The molecule has 9 N–H and O–H groups in total. The van der Waals surface area contributed by atoms with E-state index in [1.54, 1.807) is 26.5 Å². The Labute approximate surface area is 480 Å². The number of rotatable bonds is 55. The Morgan fingerprint density at radius 2 is 1.22 bits per heavy atom. The van der Waals surface area contributed by atoms with Crippen LogP contribution in [0.3, 0.4) is 0 Å². The number of Topliss-reactive ketones (excluding diaryl/α,β-unsaturated/α-hetero) is 3. The number of carboxylic acid groups (broad SMARTS) is 2. The Morgan fingerprint density at radius 3 is 1.79 bits per heavy atom. The van der Waals surface area contributed by atoms with Crippen molar-refractivity contribution in [3.8, 4) is 0 Å². The van der Waals surface area contributed by atoms with Gasteiger partial charge in [-0.15, -0.1) is 0 Å². The number of likely N-dealkylation sites (N-methyl/N-ethyl adjacent to an activating group) is 1. The molecule has 81 heavy (non-hydrogen) atoms. The molecule has 23 nitrogen and oxygen atoms in total. The molecule has 4 amide bonds. The van der Waals surface area contributed by atoms with E-state index in [0.717, 1.165) is 57.1 Å². The number of amides is 4. The number of carbonyl (C=O) groups excluding carboxylic acids is 7. The predicted octanol–water partition coefficient (Wildman–Crippen LogP) is 4.91. The fourth-order valence-electron chi connectivity index (χ4n) is 9.86. The van der Waals surface area contributed by atoms with Crippen molar-refractivity contribution >= 4 is 52.9 Å². The van der Waals surface area contributed by atoms with Crippen molar-refractivity contribution in [2.24, 2.45) is 11.7 Å². The van der Waals surface area contributed by atoms with Crippen molar-refractivity contribution in [3.63, 3.8) is 0 Å². The number of ketones is 3. The summed E-state index contributed by atoms with van der Waals surface area (Å²) < 4.78 is 21.7. The summed E-state index contributed by atoms with van der Waals surface area (Å²) in [6.07, 6.45) is 23.7. The zero-order chi connectivity index (χ0) is 59.3. The van der Waals surface area contributed by atoms with Crippen LogP contribution in [0, 0.1) is 5.92 Å². The van der Waals surface area contributed by atoms with Gasteiger partial charge in [-0.3, -0.25) is 43.3 Å².